The summed E-state index contributed by atoms with van der Waals surface area (Å²) in [5, 5.41) is 17.9. The Hall–Kier alpha value is -7.62. The number of carbonyl (C=O) groups is 5. The van der Waals surface area contributed by atoms with Gasteiger partial charge in [0.1, 0.15) is 41.8 Å². The van der Waals surface area contributed by atoms with Crippen LogP contribution in [0.4, 0.5) is 4.79 Å². The number of benzene rings is 5. The molecule has 5 aromatic rings. The van der Waals surface area contributed by atoms with Gasteiger partial charge in [-0.3, -0.25) is 19.4 Å². The van der Waals surface area contributed by atoms with E-state index in [9.17, 15) is 24.0 Å². The van der Waals surface area contributed by atoms with E-state index in [0.29, 0.717) is 43.9 Å². The van der Waals surface area contributed by atoms with Crippen molar-refractivity contribution in [3.05, 3.63) is 121 Å². The molecule has 16 heteroatoms. The number of carbonyl (C=O) groups excluding carboxylic acids is 5. The van der Waals surface area contributed by atoms with E-state index >= 15 is 0 Å². The van der Waals surface area contributed by atoms with E-state index in [4.69, 9.17) is 24.7 Å². The van der Waals surface area contributed by atoms with Crippen LogP contribution in [0.3, 0.4) is 0 Å². The van der Waals surface area contributed by atoms with E-state index in [1.54, 1.807) is 20.8 Å². The third kappa shape index (κ3) is 17.4. The molecule has 0 bridgehead atoms. The van der Waals surface area contributed by atoms with E-state index in [2.05, 4.69) is 52.0 Å². The van der Waals surface area contributed by atoms with E-state index in [0.717, 1.165) is 38.2 Å². The molecule has 7 N–H and O–H groups in total. The first-order valence-electron chi connectivity index (χ1n) is 24.5. The quantitative estimate of drug-likeness (QED) is 0.0103. The highest BCUT2D eigenvalue weighted by Crippen LogP contribution is 2.45. The summed E-state index contributed by atoms with van der Waals surface area (Å²) in [6, 6.07) is 29.4. The number of esters is 1. The Labute approximate surface area is 422 Å². The monoisotopic (exact) mass is 986 g/mol. The maximum atomic E-state index is 14.4. The number of guanidine groups is 1. The maximum Gasteiger partial charge on any atom is 0.407 e. The third-order valence-corrected chi connectivity index (χ3v) is 11.3. The van der Waals surface area contributed by atoms with Gasteiger partial charge >= 0.3 is 12.1 Å². The Balaban J connectivity index is 1.40. The summed E-state index contributed by atoms with van der Waals surface area (Å²) in [5.74, 6) is -1.01. The van der Waals surface area contributed by atoms with Crippen molar-refractivity contribution in [1.29, 1.82) is 0 Å². The summed E-state index contributed by atoms with van der Waals surface area (Å²) < 4.78 is 23.8. The molecule has 5 aromatic carbocycles. The van der Waals surface area contributed by atoms with Crippen molar-refractivity contribution in [3.8, 4) is 22.6 Å². The van der Waals surface area contributed by atoms with Gasteiger partial charge in [-0.2, -0.15) is 0 Å². The fourth-order valence-electron chi connectivity index (χ4n) is 7.77. The van der Waals surface area contributed by atoms with Crippen LogP contribution >= 0.6 is 0 Å². The molecule has 0 saturated carbocycles. The van der Waals surface area contributed by atoms with E-state index in [-0.39, 0.29) is 44.3 Å². The number of amides is 4. The molecule has 72 heavy (non-hydrogen) atoms. The van der Waals surface area contributed by atoms with Gasteiger partial charge in [0.05, 0.1) is 6.61 Å². The lowest BCUT2D eigenvalue weighted by Gasteiger charge is -2.25. The molecule has 0 radical (unpaired) electrons. The standard InChI is InChI=1S/C56H71N7O9/c1-8-19-45(53(67)71-35-38-20-10-9-11-21-38)63-52(66)44(27-18-33-59-54(57)58-7)62-51(65)43(26-16-17-32-60-55(68)72-56(4,5)6)61-48(64)36-70-47-31-29-40-23-13-15-25-42(40)50(47)49-41-24-14-12-22-39(41)28-30-46(49)69-34-37(2)3/h8-15,20-25,28-31,37,43-45H,1,16-19,26-27,32-36H2,2-7H3,(H,60,68)(H,61,64)(H,62,65)(H,63,66)(H3,57,58,59)/t43-,44-,45+/m1/s1. The second-order valence-electron chi connectivity index (χ2n) is 18.8. The SMILES string of the molecule is C=CC[C@H](NC(=O)[C@@H](CCCNC(N)=NC)NC(=O)[C@@H](CCCCNC(=O)OC(C)(C)C)NC(=O)COc1ccc2ccccc2c1-c1c(OCC(C)C)ccc2ccccc12)C(=O)OCc1ccccc1. The van der Waals surface area contributed by atoms with E-state index in [1.165, 1.54) is 13.1 Å². The first-order valence-corrected chi connectivity index (χ1v) is 24.5. The fourth-order valence-corrected chi connectivity index (χ4v) is 7.77. The first kappa shape index (κ1) is 55.3. The van der Waals surface area contributed by atoms with Gasteiger partial charge < -0.3 is 51.3 Å². The number of hydrogen-bond donors (Lipinski definition) is 6. The number of fused-ring (bicyclic) bond motifs is 2. The average molecular weight is 986 g/mol. The van der Waals surface area contributed by atoms with Crippen LogP contribution in [0.5, 0.6) is 11.5 Å². The topological polar surface area (TPSA) is 221 Å². The largest absolute Gasteiger partial charge is 0.493 e. The lowest BCUT2D eigenvalue weighted by atomic mass is 9.92. The number of unbranched alkanes of at least 4 members (excludes halogenated alkanes) is 1. The number of alkyl carbamates (subject to hydrolysis) is 1. The Kier molecular flexibility index (Phi) is 21.3. The predicted molar refractivity (Wildman–Crippen MR) is 282 cm³/mol. The molecular formula is C56H71N7O9. The van der Waals surface area contributed by atoms with Gasteiger partial charge in [0.15, 0.2) is 12.6 Å². The summed E-state index contributed by atoms with van der Waals surface area (Å²) in [7, 11) is 1.54. The zero-order valence-corrected chi connectivity index (χ0v) is 42.4. The summed E-state index contributed by atoms with van der Waals surface area (Å²) >= 11 is 0. The van der Waals surface area contributed by atoms with Crippen molar-refractivity contribution in [2.75, 3.05) is 33.4 Å². The van der Waals surface area contributed by atoms with Crippen molar-refractivity contribution < 1.29 is 42.9 Å². The molecule has 0 saturated heterocycles. The average Bonchev–Trinajstić information content (AvgIpc) is 3.36. The van der Waals surface area contributed by atoms with Crippen LogP contribution in [0.25, 0.3) is 32.7 Å². The van der Waals surface area contributed by atoms with Gasteiger partial charge in [0, 0.05) is 31.3 Å². The molecule has 0 aliphatic heterocycles. The highest BCUT2D eigenvalue weighted by molar-refractivity contribution is 6.10. The number of nitrogens with zero attached hydrogens (tertiary/aromatic N) is 1. The normalized spacial score (nSPS) is 12.8. The molecule has 0 fully saturated rings. The summed E-state index contributed by atoms with van der Waals surface area (Å²) in [5.41, 5.74) is 7.50. The zero-order chi connectivity index (χ0) is 52.0. The van der Waals surface area contributed by atoms with E-state index in [1.807, 2.05) is 103 Å². The highest BCUT2D eigenvalue weighted by atomic mass is 16.6. The van der Waals surface area contributed by atoms with Gasteiger partial charge in [-0.1, -0.05) is 111 Å². The van der Waals surface area contributed by atoms with E-state index < -0.39 is 60.1 Å². The Morgan fingerprint density at radius 2 is 1.24 bits per heavy atom. The Morgan fingerprint density at radius 3 is 1.83 bits per heavy atom. The van der Waals surface area contributed by atoms with Gasteiger partial charge in [0.2, 0.25) is 11.8 Å². The third-order valence-electron chi connectivity index (χ3n) is 11.3. The van der Waals surface area contributed by atoms with Crippen molar-refractivity contribution in [2.24, 2.45) is 16.6 Å². The molecule has 0 unspecified atom stereocenters. The summed E-state index contributed by atoms with van der Waals surface area (Å²) in [6.45, 7) is 13.8. The molecule has 384 valence electrons. The molecule has 0 heterocycles. The molecule has 5 rings (SSSR count). The van der Waals surface area contributed by atoms with Gasteiger partial charge in [0.25, 0.3) is 5.91 Å². The second-order valence-corrected chi connectivity index (χ2v) is 18.8. The number of aliphatic imine (C=N–C) groups is 1. The Bertz CT molecular complexity index is 2650. The lowest BCUT2D eigenvalue weighted by molar-refractivity contribution is -0.149. The number of rotatable bonds is 26. The number of nitrogens with two attached hydrogens (primary N) is 1. The number of hydrogen-bond acceptors (Lipinski definition) is 10. The highest BCUT2D eigenvalue weighted by Gasteiger charge is 2.30. The lowest BCUT2D eigenvalue weighted by Crippen LogP contribution is -2.56. The molecule has 4 amide bonds. The van der Waals surface area contributed by atoms with Crippen LogP contribution in [0, 0.1) is 5.92 Å². The molecular weight excluding hydrogens is 915 g/mol. The predicted octanol–water partition coefficient (Wildman–Crippen LogP) is 7.86. The van der Waals surface area contributed by atoms with Crippen LogP contribution in [0.1, 0.15) is 78.7 Å². The molecule has 0 spiro atoms. The van der Waals surface area contributed by atoms with Crippen molar-refractivity contribution >= 4 is 57.3 Å². The first-order chi connectivity index (χ1) is 34.6. The molecule has 16 nitrogen and oxygen atoms in total. The van der Waals surface area contributed by atoms with Crippen LogP contribution in [-0.4, -0.2) is 92.8 Å². The second kappa shape index (κ2) is 27.7. The summed E-state index contributed by atoms with van der Waals surface area (Å²) in [4.78, 5) is 72.2. The van der Waals surface area contributed by atoms with Crippen LogP contribution < -0.4 is 41.8 Å². The molecule has 0 aliphatic rings. The number of ether oxygens (including phenoxy) is 4. The minimum atomic E-state index is -1.16. The van der Waals surface area contributed by atoms with Crippen LogP contribution in [-0.2, 0) is 35.3 Å². The summed E-state index contributed by atoms with van der Waals surface area (Å²) in [6.07, 6.45) is 2.40. The fraction of sp³-hybridized carbons (Fsp3) is 0.393. The number of nitrogens with one attached hydrogen (secondary N) is 5. The van der Waals surface area contributed by atoms with Crippen molar-refractivity contribution in [2.45, 2.75) is 103 Å². The molecule has 3 atom stereocenters. The van der Waals surface area contributed by atoms with Crippen LogP contribution in [0.15, 0.2) is 121 Å². The zero-order valence-electron chi connectivity index (χ0n) is 42.4. The van der Waals surface area contributed by atoms with Gasteiger partial charge in [-0.15, -0.1) is 6.58 Å². The minimum absolute atomic E-state index is 0.00704. The molecule has 0 aliphatic carbocycles. The van der Waals surface area contributed by atoms with Gasteiger partial charge in [-0.25, -0.2) is 9.59 Å². The van der Waals surface area contributed by atoms with Crippen LogP contribution in [0.2, 0.25) is 0 Å². The minimum Gasteiger partial charge on any atom is -0.493 e. The van der Waals surface area contributed by atoms with Crippen molar-refractivity contribution in [3.63, 3.8) is 0 Å². The maximum absolute atomic E-state index is 14.4. The van der Waals surface area contributed by atoms with Gasteiger partial charge in [-0.05, 0) is 104 Å². The molecule has 0 aromatic heterocycles. The Morgan fingerprint density at radius 1 is 0.681 bits per heavy atom. The smallest absolute Gasteiger partial charge is 0.407 e. The van der Waals surface area contributed by atoms with Crippen molar-refractivity contribution in [1.82, 2.24) is 26.6 Å².